The second-order valence-electron chi connectivity index (χ2n) is 9.98. The molecule has 2 saturated heterocycles. The molecule has 1 amide bonds. The van der Waals surface area contributed by atoms with Crippen molar-refractivity contribution in [3.8, 4) is 11.5 Å². The molecular weight excluding hydrogens is 473 g/mol. The fourth-order valence-electron chi connectivity index (χ4n) is 5.34. The van der Waals surface area contributed by atoms with Gasteiger partial charge in [0.1, 0.15) is 23.6 Å². The first-order valence-corrected chi connectivity index (χ1v) is 12.5. The van der Waals surface area contributed by atoms with E-state index in [-0.39, 0.29) is 24.4 Å². The van der Waals surface area contributed by atoms with E-state index in [0.29, 0.717) is 30.1 Å². The molecule has 1 aromatic carbocycles. The smallest absolute Gasteiger partial charge is 0.227 e. The molecule has 0 N–H and O–H groups in total. The molecule has 5 rings (SSSR count). The summed E-state index contributed by atoms with van der Waals surface area (Å²) in [5.41, 5.74) is -0.303. The van der Waals surface area contributed by atoms with Crippen molar-refractivity contribution in [1.82, 2.24) is 14.9 Å². The molecule has 194 valence electrons. The number of likely N-dealkylation sites (tertiary alicyclic amines) is 1. The lowest BCUT2D eigenvalue weighted by Gasteiger charge is -2.34. The molecule has 3 fully saturated rings. The van der Waals surface area contributed by atoms with Crippen LogP contribution in [0.3, 0.4) is 0 Å². The summed E-state index contributed by atoms with van der Waals surface area (Å²) in [4.78, 5) is 24.3. The molecule has 1 aliphatic carbocycles. The minimum Gasteiger partial charge on any atom is -0.494 e. The molecule has 0 bridgehead atoms. The molecule has 3 aliphatic rings. The Kier molecular flexibility index (Phi) is 7.20. The molecule has 3 heterocycles. The number of halogens is 3. The van der Waals surface area contributed by atoms with Gasteiger partial charge in [-0.3, -0.25) is 4.79 Å². The Morgan fingerprint density at radius 1 is 1.08 bits per heavy atom. The van der Waals surface area contributed by atoms with Crippen molar-refractivity contribution in [2.45, 2.75) is 38.3 Å². The van der Waals surface area contributed by atoms with Crippen LogP contribution in [0.4, 0.5) is 19.1 Å². The first kappa shape index (κ1) is 24.6. The summed E-state index contributed by atoms with van der Waals surface area (Å²) < 4.78 is 52.6. The molecule has 1 saturated carbocycles. The number of nitrogens with zero attached hydrogens (tertiary/aromatic N) is 4. The Hall–Kier alpha value is -3.04. The fourth-order valence-corrected chi connectivity index (χ4v) is 5.34. The highest BCUT2D eigenvalue weighted by molar-refractivity contribution is 5.79. The van der Waals surface area contributed by atoms with Crippen LogP contribution >= 0.6 is 0 Å². The lowest BCUT2D eigenvalue weighted by molar-refractivity contribution is -0.137. The molecule has 10 heteroatoms. The number of alkyl halides is 1. The van der Waals surface area contributed by atoms with Crippen LogP contribution in [0.1, 0.15) is 31.2 Å². The molecule has 2 atom stereocenters. The van der Waals surface area contributed by atoms with E-state index in [4.69, 9.17) is 9.47 Å². The van der Waals surface area contributed by atoms with E-state index in [1.807, 2.05) is 0 Å². The number of methoxy groups -OCH3 is 1. The predicted octanol–water partition coefficient (Wildman–Crippen LogP) is 3.81. The maximum atomic E-state index is 14.4. The summed E-state index contributed by atoms with van der Waals surface area (Å²) in [7, 11) is 1.59. The van der Waals surface area contributed by atoms with Gasteiger partial charge in [-0.25, -0.2) is 23.1 Å². The van der Waals surface area contributed by atoms with Gasteiger partial charge >= 0.3 is 0 Å². The highest BCUT2D eigenvalue weighted by Gasteiger charge is 2.43. The van der Waals surface area contributed by atoms with Crippen LogP contribution in [0, 0.1) is 29.4 Å². The van der Waals surface area contributed by atoms with E-state index < -0.39 is 30.1 Å². The molecule has 7 nitrogen and oxygen atoms in total. The van der Waals surface area contributed by atoms with Gasteiger partial charge in [-0.05, 0) is 43.4 Å². The third kappa shape index (κ3) is 5.52. The second kappa shape index (κ2) is 10.5. The number of ether oxygens (including phenoxy) is 2. The van der Waals surface area contributed by atoms with E-state index in [1.54, 1.807) is 19.5 Å². The summed E-state index contributed by atoms with van der Waals surface area (Å²) in [5, 5.41) is 0. The summed E-state index contributed by atoms with van der Waals surface area (Å²) >= 11 is 0. The molecule has 0 unspecified atom stereocenters. The number of carbonyl (C=O) groups excluding carboxylic acids is 1. The van der Waals surface area contributed by atoms with Crippen LogP contribution in [-0.2, 0) is 11.2 Å². The van der Waals surface area contributed by atoms with E-state index in [1.165, 1.54) is 4.90 Å². The lowest BCUT2D eigenvalue weighted by atomic mass is 9.90. The molecule has 0 spiro atoms. The monoisotopic (exact) mass is 504 g/mol. The molecule has 0 radical (unpaired) electrons. The first-order chi connectivity index (χ1) is 17.4. The van der Waals surface area contributed by atoms with Gasteiger partial charge < -0.3 is 19.3 Å². The van der Waals surface area contributed by atoms with Crippen molar-refractivity contribution >= 4 is 11.9 Å². The zero-order valence-corrected chi connectivity index (χ0v) is 20.3. The van der Waals surface area contributed by atoms with Gasteiger partial charge in [0.15, 0.2) is 5.75 Å². The standard InChI is InChI=1S/C26H31F3N4O3/c1-35-20-12-30-26(31-13-20)32-5-2-16(3-6-32)21-8-17(21)4-7-36-19-9-23(28)22(24(29)10-19)11-25(34)33-14-18(27)15-33/h9-10,12-13,16-18,21H,2-8,11,14-15H2,1H3/t17-,21-/m1/s1. The maximum Gasteiger partial charge on any atom is 0.227 e. The summed E-state index contributed by atoms with van der Waals surface area (Å²) in [5.74, 6) is 1.31. The van der Waals surface area contributed by atoms with Gasteiger partial charge in [0.25, 0.3) is 0 Å². The van der Waals surface area contributed by atoms with Crippen molar-refractivity contribution in [2.75, 3.05) is 44.8 Å². The average Bonchev–Trinajstić information content (AvgIpc) is 3.64. The highest BCUT2D eigenvalue weighted by atomic mass is 19.1. The van der Waals surface area contributed by atoms with Crippen LogP contribution in [0.5, 0.6) is 11.5 Å². The van der Waals surface area contributed by atoms with E-state index in [2.05, 4.69) is 14.9 Å². The van der Waals surface area contributed by atoms with Crippen molar-refractivity contribution in [3.05, 3.63) is 41.7 Å². The van der Waals surface area contributed by atoms with Gasteiger partial charge in [0, 0.05) is 30.8 Å². The largest absolute Gasteiger partial charge is 0.494 e. The number of carbonyl (C=O) groups is 1. The van der Waals surface area contributed by atoms with E-state index >= 15 is 0 Å². The van der Waals surface area contributed by atoms with Gasteiger partial charge in [0.05, 0.1) is 45.6 Å². The molecule has 1 aromatic heterocycles. The van der Waals surface area contributed by atoms with Crippen LogP contribution in [0.25, 0.3) is 0 Å². The molecular formula is C26H31F3N4O3. The predicted molar refractivity (Wildman–Crippen MR) is 127 cm³/mol. The van der Waals surface area contributed by atoms with Gasteiger partial charge in [0.2, 0.25) is 11.9 Å². The zero-order chi connectivity index (χ0) is 25.2. The third-order valence-corrected chi connectivity index (χ3v) is 7.65. The lowest BCUT2D eigenvalue weighted by Crippen LogP contribution is -2.52. The Labute approximate surface area is 208 Å². The zero-order valence-electron chi connectivity index (χ0n) is 20.3. The van der Waals surface area contributed by atoms with Gasteiger partial charge in [-0.2, -0.15) is 0 Å². The van der Waals surface area contributed by atoms with E-state index in [9.17, 15) is 18.0 Å². The molecule has 2 aliphatic heterocycles. The highest BCUT2D eigenvalue weighted by Crippen LogP contribution is 2.49. The topological polar surface area (TPSA) is 67.8 Å². The van der Waals surface area contributed by atoms with Crippen molar-refractivity contribution in [1.29, 1.82) is 0 Å². The Bertz CT molecular complexity index is 1050. The normalized spacial score (nSPS) is 22.3. The molecule has 36 heavy (non-hydrogen) atoms. The van der Waals surface area contributed by atoms with Gasteiger partial charge in [-0.15, -0.1) is 0 Å². The fraction of sp³-hybridized carbons (Fsp3) is 0.577. The van der Waals surface area contributed by atoms with Crippen LogP contribution in [0.2, 0.25) is 0 Å². The number of hydrogen-bond acceptors (Lipinski definition) is 6. The second-order valence-corrected chi connectivity index (χ2v) is 9.98. The Morgan fingerprint density at radius 2 is 1.75 bits per heavy atom. The number of anilines is 1. The number of rotatable bonds is 9. The van der Waals surface area contributed by atoms with Crippen LogP contribution in [0.15, 0.2) is 24.5 Å². The van der Waals surface area contributed by atoms with Crippen LogP contribution < -0.4 is 14.4 Å². The Balaban J connectivity index is 1.04. The minimum atomic E-state index is -1.05. The minimum absolute atomic E-state index is 0.0123. The van der Waals surface area contributed by atoms with Crippen molar-refractivity contribution in [3.63, 3.8) is 0 Å². The number of benzene rings is 1. The number of amides is 1. The van der Waals surface area contributed by atoms with Crippen molar-refractivity contribution < 1.29 is 27.4 Å². The maximum absolute atomic E-state index is 14.4. The number of hydrogen-bond donors (Lipinski definition) is 0. The summed E-state index contributed by atoms with van der Waals surface area (Å²) in [6.45, 7) is 2.22. The van der Waals surface area contributed by atoms with Crippen LogP contribution in [-0.4, -0.2) is 66.8 Å². The van der Waals surface area contributed by atoms with E-state index in [0.717, 1.165) is 56.9 Å². The van der Waals surface area contributed by atoms with Gasteiger partial charge in [-0.1, -0.05) is 0 Å². The SMILES string of the molecule is COc1cnc(N2CCC([C@H]3C[C@H]3CCOc3cc(F)c(CC(=O)N4CC(F)C4)c(F)c3)CC2)nc1. The quantitative estimate of drug-likeness (QED) is 0.518. The van der Waals surface area contributed by atoms with Crippen molar-refractivity contribution in [2.24, 2.45) is 17.8 Å². The first-order valence-electron chi connectivity index (χ1n) is 12.5. The summed E-state index contributed by atoms with van der Waals surface area (Å²) in [6, 6.07) is 2.25. The third-order valence-electron chi connectivity index (χ3n) is 7.65. The Morgan fingerprint density at radius 3 is 2.36 bits per heavy atom. The summed E-state index contributed by atoms with van der Waals surface area (Å²) in [6.07, 6.45) is 6.10. The number of piperidine rings is 1. The molecule has 2 aromatic rings. The number of aromatic nitrogens is 2. The average molecular weight is 505 g/mol.